The summed E-state index contributed by atoms with van der Waals surface area (Å²) in [5.74, 6) is -1.70. The highest BCUT2D eigenvalue weighted by molar-refractivity contribution is 6.23. The number of pyridine rings is 1. The van der Waals surface area contributed by atoms with Crippen LogP contribution in [0.5, 0.6) is 5.75 Å². The molecule has 8 nitrogen and oxygen atoms in total. The molecule has 2 amide bonds. The Morgan fingerprint density at radius 3 is 2.45 bits per heavy atom. The number of alkyl halides is 3. The van der Waals surface area contributed by atoms with Gasteiger partial charge in [-0.2, -0.15) is 9.78 Å². The normalized spacial score (nSPS) is 16.8. The second-order valence-electron chi connectivity index (χ2n) is 6.85. The first-order valence-electron chi connectivity index (χ1n) is 9.14. The minimum atomic E-state index is -4.84. The minimum absolute atomic E-state index is 0.139. The Kier molecular flexibility index (Phi) is 4.88. The van der Waals surface area contributed by atoms with Crippen molar-refractivity contribution >= 4 is 23.3 Å². The number of aryl methyl sites for hydroxylation is 1. The highest BCUT2D eigenvalue weighted by Crippen LogP contribution is 2.38. The third kappa shape index (κ3) is 3.81. The first-order chi connectivity index (χ1) is 14.7. The number of amides is 2. The van der Waals surface area contributed by atoms with Crippen molar-refractivity contribution in [1.29, 1.82) is 0 Å². The lowest BCUT2D eigenvalue weighted by Crippen LogP contribution is -2.30. The molecule has 1 fully saturated rings. The van der Waals surface area contributed by atoms with E-state index >= 15 is 0 Å². The summed E-state index contributed by atoms with van der Waals surface area (Å²) >= 11 is 0. The number of nitrogen functional groups attached to an aromatic ring is 1. The quantitative estimate of drug-likeness (QED) is 0.637. The fourth-order valence-corrected chi connectivity index (χ4v) is 3.57. The van der Waals surface area contributed by atoms with Gasteiger partial charge in [-0.1, -0.05) is 6.07 Å². The lowest BCUT2D eigenvalue weighted by atomic mass is 9.97. The van der Waals surface area contributed by atoms with E-state index < -0.39 is 29.8 Å². The van der Waals surface area contributed by atoms with Crippen LogP contribution in [-0.4, -0.2) is 32.9 Å². The Bertz CT molecular complexity index is 1140. The Morgan fingerprint density at radius 2 is 1.84 bits per heavy atom. The number of nitrogens with zero attached hydrogens (tertiary/aromatic N) is 4. The first-order valence-corrected chi connectivity index (χ1v) is 9.14. The van der Waals surface area contributed by atoms with Crippen molar-refractivity contribution in [3.8, 4) is 11.6 Å². The molecule has 0 spiro atoms. The summed E-state index contributed by atoms with van der Waals surface area (Å²) in [6.45, 7) is 1.68. The summed E-state index contributed by atoms with van der Waals surface area (Å²) in [5, 5.41) is 4.35. The average molecular weight is 431 g/mol. The number of benzene rings is 1. The average Bonchev–Trinajstić information content (AvgIpc) is 3.16. The fourth-order valence-electron chi connectivity index (χ4n) is 3.57. The fraction of sp³-hybridized carbons (Fsp3) is 0.200. The van der Waals surface area contributed by atoms with Gasteiger partial charge in [0.2, 0.25) is 11.8 Å². The molecule has 3 heterocycles. The minimum Gasteiger partial charge on any atom is -0.406 e. The Labute approximate surface area is 174 Å². The van der Waals surface area contributed by atoms with Gasteiger partial charge in [-0.25, -0.2) is 9.88 Å². The van der Waals surface area contributed by atoms with Crippen LogP contribution in [0.3, 0.4) is 0 Å². The highest BCUT2D eigenvalue weighted by atomic mass is 19.4. The predicted octanol–water partition coefficient (Wildman–Crippen LogP) is 3.10. The number of nitrogens with two attached hydrogens (primary N) is 1. The van der Waals surface area contributed by atoms with Crippen LogP contribution < -0.4 is 15.4 Å². The summed E-state index contributed by atoms with van der Waals surface area (Å²) < 4.78 is 42.2. The molecule has 1 unspecified atom stereocenters. The molecule has 0 radical (unpaired) electrons. The van der Waals surface area contributed by atoms with Gasteiger partial charge in [-0.05, 0) is 43.3 Å². The SMILES string of the molecule is Cc1nn(-c2ccccn2)c(N)c1C1CC(=O)N(c2ccc(OC(F)(F)F)cc2)C1=O. The van der Waals surface area contributed by atoms with Crippen molar-refractivity contribution in [3.05, 3.63) is 59.9 Å². The maximum atomic E-state index is 13.1. The zero-order chi connectivity index (χ0) is 22.3. The van der Waals surface area contributed by atoms with E-state index in [1.807, 2.05) is 0 Å². The topological polar surface area (TPSA) is 103 Å². The van der Waals surface area contributed by atoms with Gasteiger partial charge in [-0.15, -0.1) is 13.2 Å². The second kappa shape index (κ2) is 7.42. The largest absolute Gasteiger partial charge is 0.573 e. The Morgan fingerprint density at radius 1 is 1.13 bits per heavy atom. The molecule has 160 valence electrons. The van der Waals surface area contributed by atoms with Crippen molar-refractivity contribution in [2.75, 3.05) is 10.6 Å². The number of anilines is 2. The number of carbonyl (C=O) groups is 2. The lowest BCUT2D eigenvalue weighted by molar-refractivity contribution is -0.274. The van der Waals surface area contributed by atoms with Crippen LogP contribution in [0, 0.1) is 6.92 Å². The molecule has 0 bridgehead atoms. The van der Waals surface area contributed by atoms with Gasteiger partial charge in [0.1, 0.15) is 11.6 Å². The van der Waals surface area contributed by atoms with Gasteiger partial charge in [0.25, 0.3) is 0 Å². The molecule has 1 saturated heterocycles. The lowest BCUT2D eigenvalue weighted by Gasteiger charge is -2.16. The molecule has 1 atom stereocenters. The maximum absolute atomic E-state index is 13.1. The molecule has 31 heavy (non-hydrogen) atoms. The van der Waals surface area contributed by atoms with Crippen molar-refractivity contribution in [3.63, 3.8) is 0 Å². The number of aromatic nitrogens is 3. The molecule has 1 aromatic carbocycles. The zero-order valence-corrected chi connectivity index (χ0v) is 16.1. The molecule has 4 rings (SSSR count). The summed E-state index contributed by atoms with van der Waals surface area (Å²) in [6.07, 6.45) is -3.41. The van der Waals surface area contributed by atoms with Crippen LogP contribution in [0.25, 0.3) is 5.82 Å². The van der Waals surface area contributed by atoms with E-state index in [1.165, 1.54) is 16.8 Å². The molecular formula is C20H16F3N5O3. The number of imide groups is 1. The summed E-state index contributed by atoms with van der Waals surface area (Å²) in [7, 11) is 0. The van der Waals surface area contributed by atoms with Crippen LogP contribution in [0.15, 0.2) is 48.7 Å². The molecule has 0 saturated carbocycles. The van der Waals surface area contributed by atoms with Crippen molar-refractivity contribution < 1.29 is 27.5 Å². The van der Waals surface area contributed by atoms with Crippen LogP contribution in [0.1, 0.15) is 23.6 Å². The molecule has 11 heteroatoms. The van der Waals surface area contributed by atoms with Crippen LogP contribution >= 0.6 is 0 Å². The molecule has 3 aromatic rings. The number of hydrogen-bond donors (Lipinski definition) is 1. The zero-order valence-electron chi connectivity index (χ0n) is 16.1. The number of carbonyl (C=O) groups excluding carboxylic acids is 2. The maximum Gasteiger partial charge on any atom is 0.573 e. The van der Waals surface area contributed by atoms with E-state index in [2.05, 4.69) is 14.8 Å². The van der Waals surface area contributed by atoms with Gasteiger partial charge < -0.3 is 10.5 Å². The smallest absolute Gasteiger partial charge is 0.406 e. The number of halogens is 3. The summed E-state index contributed by atoms with van der Waals surface area (Å²) in [5.41, 5.74) is 7.28. The van der Waals surface area contributed by atoms with Crippen molar-refractivity contribution in [1.82, 2.24) is 14.8 Å². The van der Waals surface area contributed by atoms with E-state index in [0.29, 0.717) is 17.1 Å². The molecule has 1 aliphatic rings. The van der Waals surface area contributed by atoms with Crippen LogP contribution in [-0.2, 0) is 9.59 Å². The Balaban J connectivity index is 1.63. The predicted molar refractivity (Wildman–Crippen MR) is 103 cm³/mol. The van der Waals surface area contributed by atoms with E-state index in [1.54, 1.807) is 31.3 Å². The molecule has 2 aromatic heterocycles. The number of hydrogen-bond acceptors (Lipinski definition) is 6. The molecule has 2 N–H and O–H groups in total. The monoisotopic (exact) mass is 431 g/mol. The summed E-state index contributed by atoms with van der Waals surface area (Å²) in [4.78, 5) is 30.8. The van der Waals surface area contributed by atoms with E-state index in [4.69, 9.17) is 5.73 Å². The number of rotatable bonds is 4. The van der Waals surface area contributed by atoms with Crippen LogP contribution in [0.4, 0.5) is 24.7 Å². The van der Waals surface area contributed by atoms with Gasteiger partial charge in [0.05, 0.1) is 17.3 Å². The van der Waals surface area contributed by atoms with Crippen LogP contribution in [0.2, 0.25) is 0 Å². The van der Waals surface area contributed by atoms with Gasteiger partial charge in [0, 0.05) is 18.2 Å². The first kappa shape index (κ1) is 20.4. The van der Waals surface area contributed by atoms with E-state index in [9.17, 15) is 22.8 Å². The number of ether oxygens (including phenoxy) is 1. The third-order valence-corrected chi connectivity index (χ3v) is 4.83. The standard InChI is InChI=1S/C20H16F3N5O3/c1-11-17(18(24)28(26-11)15-4-2-3-9-25-15)14-10-16(29)27(19(14)30)12-5-7-13(8-6-12)31-20(21,22)23/h2-9,14H,10,24H2,1H3. The second-order valence-corrected chi connectivity index (χ2v) is 6.85. The molecule has 0 aliphatic carbocycles. The third-order valence-electron chi connectivity index (χ3n) is 4.83. The van der Waals surface area contributed by atoms with E-state index in [-0.39, 0.29) is 17.9 Å². The Hall–Kier alpha value is -3.89. The van der Waals surface area contributed by atoms with Crippen molar-refractivity contribution in [2.24, 2.45) is 0 Å². The van der Waals surface area contributed by atoms with Gasteiger partial charge in [0.15, 0.2) is 5.82 Å². The van der Waals surface area contributed by atoms with Gasteiger partial charge in [-0.3, -0.25) is 9.59 Å². The molecular weight excluding hydrogens is 415 g/mol. The summed E-state index contributed by atoms with van der Waals surface area (Å²) in [6, 6.07) is 9.70. The van der Waals surface area contributed by atoms with Crippen molar-refractivity contribution in [2.45, 2.75) is 25.6 Å². The highest BCUT2D eigenvalue weighted by Gasteiger charge is 2.43. The molecule has 1 aliphatic heterocycles. The van der Waals surface area contributed by atoms with E-state index in [0.717, 1.165) is 17.0 Å². The van der Waals surface area contributed by atoms with Gasteiger partial charge >= 0.3 is 6.36 Å².